The lowest BCUT2D eigenvalue weighted by atomic mass is 10.1. The Morgan fingerprint density at radius 3 is 2.50 bits per heavy atom. The average Bonchev–Trinajstić information content (AvgIpc) is 2.40. The van der Waals surface area contributed by atoms with Gasteiger partial charge in [0.1, 0.15) is 11.3 Å². The molecule has 5 N–H and O–H groups in total. The Bertz CT molecular complexity index is 683. The first kappa shape index (κ1) is 13.4. The third-order valence-corrected chi connectivity index (χ3v) is 2.63. The maximum Gasteiger partial charge on any atom is 0.339 e. The van der Waals surface area contributed by atoms with Gasteiger partial charge in [0.05, 0.1) is 0 Å². The first-order valence-electron chi connectivity index (χ1n) is 5.70. The number of hydrogen-bond acceptors (Lipinski definition) is 4. The molecule has 0 aliphatic carbocycles. The van der Waals surface area contributed by atoms with Crippen LogP contribution in [0.25, 0.3) is 0 Å². The van der Waals surface area contributed by atoms with Gasteiger partial charge in [0.25, 0.3) is 5.91 Å². The van der Waals surface area contributed by atoms with E-state index >= 15 is 0 Å². The van der Waals surface area contributed by atoms with E-state index in [1.807, 2.05) is 0 Å². The van der Waals surface area contributed by atoms with Crippen molar-refractivity contribution in [2.45, 2.75) is 0 Å². The zero-order valence-corrected chi connectivity index (χ0v) is 10.3. The highest BCUT2D eigenvalue weighted by Crippen LogP contribution is 2.22. The first-order chi connectivity index (χ1) is 9.47. The summed E-state index contributed by atoms with van der Waals surface area (Å²) in [6.45, 7) is 0. The Hall–Kier alpha value is -3.02. The second-order valence-corrected chi connectivity index (χ2v) is 4.12. The van der Waals surface area contributed by atoms with Crippen molar-refractivity contribution in [1.29, 1.82) is 0 Å². The van der Waals surface area contributed by atoms with Crippen molar-refractivity contribution >= 4 is 23.3 Å². The predicted molar refractivity (Wildman–Crippen MR) is 73.9 cm³/mol. The molecule has 0 radical (unpaired) electrons. The lowest BCUT2D eigenvalue weighted by Crippen LogP contribution is -2.12. The molecule has 1 amide bonds. The quantitative estimate of drug-likeness (QED) is 0.503. The van der Waals surface area contributed by atoms with E-state index in [-0.39, 0.29) is 17.0 Å². The summed E-state index contributed by atoms with van der Waals surface area (Å²) in [6.07, 6.45) is 0. The van der Waals surface area contributed by atoms with Crippen LogP contribution in [0.2, 0.25) is 0 Å². The van der Waals surface area contributed by atoms with Crippen LogP contribution >= 0.6 is 0 Å². The molecule has 20 heavy (non-hydrogen) atoms. The van der Waals surface area contributed by atoms with Crippen molar-refractivity contribution in [2.24, 2.45) is 0 Å². The number of benzene rings is 2. The molecular formula is C14H12N2O4. The number of rotatable bonds is 3. The van der Waals surface area contributed by atoms with Gasteiger partial charge in [-0.2, -0.15) is 0 Å². The molecule has 0 saturated carbocycles. The minimum absolute atomic E-state index is 0.271. The summed E-state index contributed by atoms with van der Waals surface area (Å²) in [5, 5.41) is 20.8. The first-order valence-corrected chi connectivity index (χ1v) is 5.70. The Balaban J connectivity index is 2.24. The molecule has 6 heteroatoms. The number of anilines is 2. The number of aromatic carboxylic acids is 1. The number of carbonyl (C=O) groups is 2. The number of carboxylic acid groups (broad SMARTS) is 1. The van der Waals surface area contributed by atoms with Crippen LogP contribution in [0.3, 0.4) is 0 Å². The lowest BCUT2D eigenvalue weighted by Gasteiger charge is -2.07. The molecule has 0 atom stereocenters. The fraction of sp³-hybridized carbons (Fsp3) is 0. The van der Waals surface area contributed by atoms with E-state index in [0.717, 1.165) is 0 Å². The molecule has 2 rings (SSSR count). The molecular weight excluding hydrogens is 260 g/mol. The van der Waals surface area contributed by atoms with E-state index in [4.69, 9.17) is 10.8 Å². The van der Waals surface area contributed by atoms with E-state index in [2.05, 4.69) is 5.32 Å². The second-order valence-electron chi connectivity index (χ2n) is 4.12. The zero-order chi connectivity index (χ0) is 14.7. The van der Waals surface area contributed by atoms with E-state index in [1.54, 1.807) is 18.2 Å². The van der Waals surface area contributed by atoms with Crippen molar-refractivity contribution in [3.05, 3.63) is 53.6 Å². The molecule has 2 aromatic rings. The highest BCUT2D eigenvalue weighted by Gasteiger charge is 2.12. The monoisotopic (exact) mass is 272 g/mol. The summed E-state index contributed by atoms with van der Waals surface area (Å²) in [5.74, 6) is -2.05. The van der Waals surface area contributed by atoms with Crippen LogP contribution in [0, 0.1) is 0 Å². The summed E-state index contributed by atoms with van der Waals surface area (Å²) >= 11 is 0. The SMILES string of the molecule is Nc1cccc(C(=O)Nc2ccc(O)c(C(=O)O)c2)c1. The van der Waals surface area contributed by atoms with E-state index in [0.29, 0.717) is 11.3 Å². The number of nitrogens with one attached hydrogen (secondary N) is 1. The molecule has 0 aliphatic rings. The van der Waals surface area contributed by atoms with Crippen LogP contribution in [-0.2, 0) is 0 Å². The number of carbonyl (C=O) groups excluding carboxylic acids is 1. The zero-order valence-electron chi connectivity index (χ0n) is 10.3. The van der Waals surface area contributed by atoms with Gasteiger partial charge in [0, 0.05) is 16.9 Å². The van der Waals surface area contributed by atoms with Gasteiger partial charge in [-0.05, 0) is 36.4 Å². The molecule has 2 aromatic carbocycles. The van der Waals surface area contributed by atoms with Crippen LogP contribution in [0.1, 0.15) is 20.7 Å². The van der Waals surface area contributed by atoms with Gasteiger partial charge >= 0.3 is 5.97 Å². The van der Waals surface area contributed by atoms with Gasteiger partial charge in [-0.15, -0.1) is 0 Å². The van der Waals surface area contributed by atoms with Crippen LogP contribution in [-0.4, -0.2) is 22.1 Å². The topological polar surface area (TPSA) is 113 Å². The van der Waals surface area contributed by atoms with Gasteiger partial charge in [0.2, 0.25) is 0 Å². The normalized spacial score (nSPS) is 10.0. The van der Waals surface area contributed by atoms with Crippen LogP contribution < -0.4 is 11.1 Å². The second kappa shape index (κ2) is 5.31. The largest absolute Gasteiger partial charge is 0.507 e. The summed E-state index contributed by atoms with van der Waals surface area (Å²) in [7, 11) is 0. The lowest BCUT2D eigenvalue weighted by molar-refractivity contribution is 0.0693. The van der Waals surface area contributed by atoms with Crippen molar-refractivity contribution < 1.29 is 19.8 Å². The third kappa shape index (κ3) is 2.86. The predicted octanol–water partition coefficient (Wildman–Crippen LogP) is 1.92. The van der Waals surface area contributed by atoms with E-state index in [1.165, 1.54) is 24.3 Å². The molecule has 102 valence electrons. The number of nitrogens with two attached hydrogens (primary N) is 1. The Morgan fingerprint density at radius 2 is 1.85 bits per heavy atom. The Morgan fingerprint density at radius 1 is 1.10 bits per heavy atom. The smallest absolute Gasteiger partial charge is 0.339 e. The van der Waals surface area contributed by atoms with Crippen LogP contribution in [0.15, 0.2) is 42.5 Å². The fourth-order valence-electron chi connectivity index (χ4n) is 1.67. The van der Waals surface area contributed by atoms with E-state index in [9.17, 15) is 14.7 Å². The Kier molecular flexibility index (Phi) is 3.56. The molecule has 0 fully saturated rings. The van der Waals surface area contributed by atoms with Gasteiger partial charge in [-0.25, -0.2) is 4.79 Å². The van der Waals surface area contributed by atoms with Crippen LogP contribution in [0.5, 0.6) is 5.75 Å². The highest BCUT2D eigenvalue weighted by atomic mass is 16.4. The van der Waals surface area contributed by atoms with Gasteiger partial charge in [-0.3, -0.25) is 4.79 Å². The number of carboxylic acids is 1. The molecule has 0 aliphatic heterocycles. The average molecular weight is 272 g/mol. The summed E-state index contributed by atoms with van der Waals surface area (Å²) in [4.78, 5) is 22.8. The van der Waals surface area contributed by atoms with Crippen LogP contribution in [0.4, 0.5) is 11.4 Å². The maximum absolute atomic E-state index is 12.0. The standard InChI is InChI=1S/C14H12N2O4/c15-9-3-1-2-8(6-9)13(18)16-10-4-5-12(17)11(7-10)14(19)20/h1-7,17H,15H2,(H,16,18)(H,19,20). The minimum Gasteiger partial charge on any atom is -0.507 e. The van der Waals surface area contributed by atoms with Gasteiger partial charge in [0.15, 0.2) is 0 Å². The van der Waals surface area contributed by atoms with Crippen molar-refractivity contribution in [1.82, 2.24) is 0 Å². The molecule has 6 nitrogen and oxygen atoms in total. The molecule has 0 heterocycles. The maximum atomic E-state index is 12.0. The number of phenols is 1. The molecule has 0 bridgehead atoms. The third-order valence-electron chi connectivity index (χ3n) is 2.63. The number of aromatic hydroxyl groups is 1. The number of amides is 1. The summed E-state index contributed by atoms with van der Waals surface area (Å²) in [5.41, 5.74) is 6.38. The van der Waals surface area contributed by atoms with Gasteiger partial charge in [-0.1, -0.05) is 6.07 Å². The minimum atomic E-state index is -1.28. The van der Waals surface area contributed by atoms with Crippen molar-refractivity contribution in [3.8, 4) is 5.75 Å². The number of hydrogen-bond donors (Lipinski definition) is 4. The Labute approximate surface area is 114 Å². The molecule has 0 saturated heterocycles. The highest BCUT2D eigenvalue weighted by molar-refractivity contribution is 6.05. The fourth-order valence-corrected chi connectivity index (χ4v) is 1.67. The number of nitrogen functional groups attached to an aromatic ring is 1. The summed E-state index contributed by atoms with van der Waals surface area (Å²) < 4.78 is 0. The van der Waals surface area contributed by atoms with Crippen molar-refractivity contribution in [2.75, 3.05) is 11.1 Å². The molecule has 0 unspecified atom stereocenters. The van der Waals surface area contributed by atoms with E-state index < -0.39 is 11.9 Å². The summed E-state index contributed by atoms with van der Waals surface area (Å²) in [6, 6.07) is 10.2. The molecule has 0 spiro atoms. The van der Waals surface area contributed by atoms with Crippen molar-refractivity contribution in [3.63, 3.8) is 0 Å². The molecule has 0 aromatic heterocycles. The van der Waals surface area contributed by atoms with Gasteiger partial charge < -0.3 is 21.3 Å².